The number of carbonyl (C=O) groups excluding carboxylic acids is 2. The lowest BCUT2D eigenvalue weighted by molar-refractivity contribution is -0.0429. The Kier molecular flexibility index (Phi) is 7.74. The minimum atomic E-state index is -3.92. The molecule has 0 spiro atoms. The zero-order valence-corrected chi connectivity index (χ0v) is 18.9. The predicted octanol–water partition coefficient (Wildman–Crippen LogP) is 4.70. The lowest BCUT2D eigenvalue weighted by atomic mass is 9.98. The van der Waals surface area contributed by atoms with Crippen molar-refractivity contribution in [2.45, 2.75) is 57.0 Å². The first-order valence-electron chi connectivity index (χ1n) is 10.5. The molecule has 0 aliphatic heterocycles. The van der Waals surface area contributed by atoms with Gasteiger partial charge in [0.1, 0.15) is 6.10 Å². The van der Waals surface area contributed by atoms with E-state index in [0.29, 0.717) is 5.69 Å². The molecule has 172 valence electrons. The van der Waals surface area contributed by atoms with E-state index in [1.54, 1.807) is 13.0 Å². The van der Waals surface area contributed by atoms with E-state index in [1.807, 2.05) is 19.1 Å². The molecule has 0 bridgehead atoms. The summed E-state index contributed by atoms with van der Waals surface area (Å²) in [5.74, 6) is -0.820. The molecule has 2 aromatic carbocycles. The number of esters is 1. The topological polar surface area (TPSA) is 108 Å². The highest BCUT2D eigenvalue weighted by atomic mass is 32.2. The van der Waals surface area contributed by atoms with E-state index >= 15 is 0 Å². The maximum atomic E-state index is 12.8. The molecule has 1 N–H and O–H groups in total. The average molecular weight is 462 g/mol. The van der Waals surface area contributed by atoms with Crippen molar-refractivity contribution in [2.24, 2.45) is 0 Å². The highest BCUT2D eigenvalue weighted by Gasteiger charge is 2.20. The Morgan fingerprint density at radius 1 is 1.00 bits per heavy atom. The fraction of sp³-hybridized carbons (Fsp3) is 0.391. The van der Waals surface area contributed by atoms with Crippen molar-refractivity contribution in [3.8, 4) is 0 Å². The van der Waals surface area contributed by atoms with Gasteiger partial charge in [0.15, 0.2) is 0 Å². The number of benzene rings is 2. The summed E-state index contributed by atoms with van der Waals surface area (Å²) < 4.78 is 43.0. The first-order chi connectivity index (χ1) is 15.2. The van der Waals surface area contributed by atoms with Crippen LogP contribution in [0.5, 0.6) is 0 Å². The molecule has 1 saturated carbocycles. The van der Waals surface area contributed by atoms with Gasteiger partial charge in [0.2, 0.25) is 6.79 Å². The number of ether oxygens (including phenoxy) is 3. The van der Waals surface area contributed by atoms with Gasteiger partial charge in [-0.05, 0) is 74.9 Å². The molecule has 9 heteroatoms. The van der Waals surface area contributed by atoms with Crippen molar-refractivity contribution in [1.29, 1.82) is 0 Å². The third kappa shape index (κ3) is 6.46. The number of nitrogens with one attached hydrogen (secondary N) is 1. The van der Waals surface area contributed by atoms with Crippen LogP contribution in [0.25, 0.3) is 0 Å². The molecule has 0 amide bonds. The van der Waals surface area contributed by atoms with E-state index in [9.17, 15) is 18.0 Å². The minimum Gasteiger partial charge on any atom is -0.431 e. The van der Waals surface area contributed by atoms with Crippen molar-refractivity contribution >= 4 is 27.8 Å². The van der Waals surface area contributed by atoms with Crippen molar-refractivity contribution < 1.29 is 32.2 Å². The predicted molar refractivity (Wildman–Crippen MR) is 118 cm³/mol. The SMILES string of the molecule is Cc1ccc(C)c(NS(=O)(=O)c2cccc(C(=O)OCOC(=O)OC3CCCCC3)c2)c1. The molecule has 32 heavy (non-hydrogen) atoms. The third-order valence-corrected chi connectivity index (χ3v) is 6.56. The van der Waals surface area contributed by atoms with Gasteiger partial charge < -0.3 is 14.2 Å². The third-order valence-electron chi connectivity index (χ3n) is 5.20. The quantitative estimate of drug-likeness (QED) is 0.470. The van der Waals surface area contributed by atoms with Crippen LogP contribution in [0.4, 0.5) is 10.5 Å². The van der Waals surface area contributed by atoms with Crippen LogP contribution in [0.3, 0.4) is 0 Å². The number of rotatable bonds is 7. The van der Waals surface area contributed by atoms with Gasteiger partial charge in [0, 0.05) is 0 Å². The van der Waals surface area contributed by atoms with Crippen molar-refractivity contribution in [1.82, 2.24) is 0 Å². The molecule has 8 nitrogen and oxygen atoms in total. The van der Waals surface area contributed by atoms with Crippen LogP contribution in [0, 0.1) is 13.8 Å². The summed E-state index contributed by atoms with van der Waals surface area (Å²) in [7, 11) is -3.92. The van der Waals surface area contributed by atoms with Crippen LogP contribution in [-0.2, 0) is 24.2 Å². The maximum Gasteiger partial charge on any atom is 0.511 e. The second-order valence-electron chi connectivity index (χ2n) is 7.77. The molecule has 0 atom stereocenters. The van der Waals surface area contributed by atoms with E-state index < -0.39 is 28.9 Å². The van der Waals surface area contributed by atoms with E-state index in [4.69, 9.17) is 14.2 Å². The molecular weight excluding hydrogens is 434 g/mol. The van der Waals surface area contributed by atoms with Crippen molar-refractivity contribution in [3.63, 3.8) is 0 Å². The van der Waals surface area contributed by atoms with E-state index in [2.05, 4.69) is 4.72 Å². The van der Waals surface area contributed by atoms with Crippen molar-refractivity contribution in [3.05, 3.63) is 59.2 Å². The molecule has 0 heterocycles. The maximum absolute atomic E-state index is 12.8. The summed E-state index contributed by atoms with van der Waals surface area (Å²) in [6.07, 6.45) is 3.67. The molecule has 0 radical (unpaired) electrons. The minimum absolute atomic E-state index is 0.0121. The van der Waals surface area contributed by atoms with Crippen LogP contribution in [0.1, 0.15) is 53.6 Å². The normalized spacial score (nSPS) is 14.4. The molecule has 1 aliphatic carbocycles. The first kappa shape index (κ1) is 23.6. The van der Waals surface area contributed by atoms with Crippen LogP contribution in [0.15, 0.2) is 47.4 Å². The fourth-order valence-corrected chi connectivity index (χ4v) is 4.57. The molecule has 3 rings (SSSR count). The Labute approximate surface area is 187 Å². The molecule has 1 aliphatic rings. The van der Waals surface area contributed by atoms with Crippen LogP contribution in [-0.4, -0.2) is 33.4 Å². The van der Waals surface area contributed by atoms with Gasteiger partial charge in [-0.15, -0.1) is 0 Å². The molecule has 0 aromatic heterocycles. The average Bonchev–Trinajstić information content (AvgIpc) is 2.77. The fourth-order valence-electron chi connectivity index (χ4n) is 3.41. The number of aryl methyl sites for hydroxylation is 2. The van der Waals surface area contributed by atoms with E-state index in [0.717, 1.165) is 43.2 Å². The summed E-state index contributed by atoms with van der Waals surface area (Å²) >= 11 is 0. The van der Waals surface area contributed by atoms with Crippen LogP contribution < -0.4 is 4.72 Å². The Balaban J connectivity index is 1.57. The van der Waals surface area contributed by atoms with Gasteiger partial charge >= 0.3 is 12.1 Å². The van der Waals surface area contributed by atoms with Gasteiger partial charge in [0.25, 0.3) is 10.0 Å². The van der Waals surface area contributed by atoms with E-state index in [1.165, 1.54) is 24.3 Å². The summed E-state index contributed by atoms with van der Waals surface area (Å²) in [6.45, 7) is 3.04. The number of anilines is 1. The Hall–Kier alpha value is -3.07. The Morgan fingerprint density at radius 3 is 2.50 bits per heavy atom. The smallest absolute Gasteiger partial charge is 0.431 e. The lowest BCUT2D eigenvalue weighted by Crippen LogP contribution is -2.22. The van der Waals surface area contributed by atoms with Gasteiger partial charge in [-0.2, -0.15) is 0 Å². The first-order valence-corrected chi connectivity index (χ1v) is 11.9. The highest BCUT2D eigenvalue weighted by molar-refractivity contribution is 7.92. The monoisotopic (exact) mass is 461 g/mol. The molecule has 1 fully saturated rings. The largest absolute Gasteiger partial charge is 0.511 e. The molecule has 2 aromatic rings. The van der Waals surface area contributed by atoms with Gasteiger partial charge in [-0.3, -0.25) is 4.72 Å². The molecular formula is C23H27NO7S. The summed E-state index contributed by atoms with van der Waals surface area (Å²) in [5.41, 5.74) is 2.15. The van der Waals surface area contributed by atoms with Gasteiger partial charge in [-0.1, -0.05) is 24.6 Å². The van der Waals surface area contributed by atoms with Gasteiger partial charge in [0.05, 0.1) is 16.1 Å². The number of hydrogen-bond acceptors (Lipinski definition) is 7. The summed E-state index contributed by atoms with van der Waals surface area (Å²) in [4.78, 5) is 23.9. The van der Waals surface area contributed by atoms with E-state index in [-0.39, 0.29) is 16.6 Å². The molecule has 0 unspecified atom stereocenters. The number of sulfonamides is 1. The number of hydrogen-bond donors (Lipinski definition) is 1. The lowest BCUT2D eigenvalue weighted by Gasteiger charge is -2.21. The van der Waals surface area contributed by atoms with Crippen LogP contribution >= 0.6 is 0 Å². The number of carbonyl (C=O) groups is 2. The van der Waals surface area contributed by atoms with Gasteiger partial charge in [-0.25, -0.2) is 18.0 Å². The zero-order chi connectivity index (χ0) is 23.1. The Morgan fingerprint density at radius 2 is 1.75 bits per heavy atom. The second kappa shape index (κ2) is 10.5. The summed E-state index contributed by atoms with van der Waals surface area (Å²) in [6, 6.07) is 10.9. The highest BCUT2D eigenvalue weighted by Crippen LogP contribution is 2.22. The standard InChI is InChI=1S/C23H27NO7S/c1-16-11-12-17(2)21(13-16)24-32(27,28)20-10-6-7-18(14-20)22(25)29-15-30-23(26)31-19-8-4-3-5-9-19/h6-7,10-14,19,24H,3-5,8-9,15H2,1-2H3. The second-order valence-corrected chi connectivity index (χ2v) is 9.46. The van der Waals surface area contributed by atoms with Crippen LogP contribution in [0.2, 0.25) is 0 Å². The summed E-state index contributed by atoms with van der Waals surface area (Å²) in [5, 5.41) is 0. The van der Waals surface area contributed by atoms with Crippen molar-refractivity contribution in [2.75, 3.05) is 11.5 Å². The zero-order valence-electron chi connectivity index (χ0n) is 18.1. The molecule has 0 saturated heterocycles. The Bertz CT molecular complexity index is 1080.